The molecule has 5 heterocycles. The molecule has 28 heavy (non-hydrogen) atoms. The number of furan rings is 1. The van der Waals surface area contributed by atoms with E-state index >= 15 is 0 Å². The summed E-state index contributed by atoms with van der Waals surface area (Å²) in [6, 6.07) is 10.0. The van der Waals surface area contributed by atoms with Crippen LogP contribution in [-0.4, -0.2) is 36.0 Å². The minimum atomic E-state index is -0.769. The summed E-state index contributed by atoms with van der Waals surface area (Å²) in [5.74, 6) is 0.855. The van der Waals surface area contributed by atoms with Crippen molar-refractivity contribution in [3.8, 4) is 0 Å². The molecule has 2 fully saturated rings. The molecule has 3 aliphatic rings. The number of hydrogen-bond acceptors (Lipinski definition) is 5. The summed E-state index contributed by atoms with van der Waals surface area (Å²) in [7, 11) is 0. The van der Waals surface area contributed by atoms with Crippen LogP contribution < -0.4 is 0 Å². The van der Waals surface area contributed by atoms with Gasteiger partial charge in [-0.25, -0.2) is 0 Å². The van der Waals surface area contributed by atoms with E-state index in [0.29, 0.717) is 6.61 Å². The Hall–Kier alpha value is -2.37. The lowest BCUT2D eigenvalue weighted by Crippen LogP contribution is -2.69. The highest BCUT2D eigenvalue weighted by molar-refractivity contribution is 5.40. The Bertz CT molecular complexity index is 841. The molecule has 0 bridgehead atoms. The molecule has 4 unspecified atom stereocenters. The summed E-state index contributed by atoms with van der Waals surface area (Å²) >= 11 is 0. The maximum Gasteiger partial charge on any atom is 0.153 e. The first-order valence-corrected chi connectivity index (χ1v) is 10.1. The molecule has 146 valence electrons. The normalized spacial score (nSPS) is 35.0. The smallest absolute Gasteiger partial charge is 0.153 e. The van der Waals surface area contributed by atoms with Crippen LogP contribution in [0, 0.1) is 0 Å². The van der Waals surface area contributed by atoms with E-state index in [1.165, 1.54) is 0 Å². The van der Waals surface area contributed by atoms with Crippen LogP contribution in [0.1, 0.15) is 37.1 Å². The highest BCUT2D eigenvalue weighted by Gasteiger charge is 2.67. The van der Waals surface area contributed by atoms with Crippen molar-refractivity contribution in [2.24, 2.45) is 0 Å². The van der Waals surface area contributed by atoms with Crippen LogP contribution in [0.25, 0.3) is 0 Å². The van der Waals surface area contributed by atoms with Crippen molar-refractivity contribution in [1.82, 2.24) is 4.98 Å². The van der Waals surface area contributed by atoms with E-state index in [2.05, 4.69) is 12.1 Å². The predicted molar refractivity (Wildman–Crippen MR) is 104 cm³/mol. The quantitative estimate of drug-likeness (QED) is 0.798. The van der Waals surface area contributed by atoms with E-state index < -0.39 is 11.0 Å². The minimum absolute atomic E-state index is 0.110. The molecule has 0 aromatic carbocycles. The number of pyridine rings is 1. The Labute approximate surface area is 165 Å². The second-order valence-electron chi connectivity index (χ2n) is 7.61. The molecule has 2 saturated heterocycles. The molecule has 0 saturated carbocycles. The van der Waals surface area contributed by atoms with E-state index in [4.69, 9.17) is 23.6 Å². The summed E-state index contributed by atoms with van der Waals surface area (Å²) in [5, 5.41) is 0. The first-order valence-electron chi connectivity index (χ1n) is 10.1. The third-order valence-electron chi connectivity index (χ3n) is 6.28. The van der Waals surface area contributed by atoms with Crippen molar-refractivity contribution in [1.29, 1.82) is 0 Å². The highest BCUT2D eigenvalue weighted by Crippen LogP contribution is 2.55. The van der Waals surface area contributed by atoms with Crippen LogP contribution in [0.5, 0.6) is 0 Å². The predicted octanol–water partition coefficient (Wildman–Crippen LogP) is 4.16. The molecule has 0 N–H and O–H groups in total. The Kier molecular flexibility index (Phi) is 4.57. The van der Waals surface area contributed by atoms with Crippen molar-refractivity contribution in [2.45, 2.75) is 48.9 Å². The Morgan fingerprint density at radius 3 is 2.75 bits per heavy atom. The van der Waals surface area contributed by atoms with Gasteiger partial charge in [-0.05, 0) is 62.1 Å². The van der Waals surface area contributed by atoms with E-state index in [9.17, 15) is 0 Å². The van der Waals surface area contributed by atoms with E-state index in [0.717, 1.165) is 43.7 Å². The van der Waals surface area contributed by atoms with Gasteiger partial charge in [-0.1, -0.05) is 12.1 Å². The summed E-state index contributed by atoms with van der Waals surface area (Å²) in [4.78, 5) is 4.80. The van der Waals surface area contributed by atoms with E-state index in [1.54, 1.807) is 12.5 Å². The molecular formula is C23H25NO4. The standard InChI is InChI=1S/C23H25NO4/c1-3-13-24-18(8-1)22(19-10-5-15-25-19)12-7-17-28-23(22,21-11-6-16-27-21)20-9-2-4-14-26-20/h1-5,8-10,13-15,20-21H,6-7,11-12,16-17H2. The van der Waals surface area contributed by atoms with Crippen molar-refractivity contribution in [2.75, 3.05) is 13.2 Å². The third-order valence-corrected chi connectivity index (χ3v) is 6.28. The first kappa shape index (κ1) is 17.7. The molecule has 5 nitrogen and oxygen atoms in total. The van der Waals surface area contributed by atoms with E-state index in [1.807, 2.05) is 42.6 Å². The highest BCUT2D eigenvalue weighted by atomic mass is 16.6. The van der Waals surface area contributed by atoms with Gasteiger partial charge in [0.05, 0.1) is 24.3 Å². The van der Waals surface area contributed by atoms with Crippen molar-refractivity contribution < 1.29 is 18.6 Å². The van der Waals surface area contributed by atoms with Crippen LogP contribution in [0.15, 0.2) is 71.7 Å². The van der Waals surface area contributed by atoms with Crippen LogP contribution in [0.3, 0.4) is 0 Å². The molecule has 0 spiro atoms. The number of rotatable bonds is 4. The zero-order valence-corrected chi connectivity index (χ0v) is 15.8. The fourth-order valence-electron chi connectivity index (χ4n) is 5.23. The van der Waals surface area contributed by atoms with Gasteiger partial charge in [0, 0.05) is 19.4 Å². The largest absolute Gasteiger partial charge is 0.491 e. The van der Waals surface area contributed by atoms with Crippen molar-refractivity contribution in [3.05, 3.63) is 78.7 Å². The fourth-order valence-corrected chi connectivity index (χ4v) is 5.23. The molecule has 2 aromatic rings. The average molecular weight is 379 g/mol. The molecule has 5 rings (SSSR count). The average Bonchev–Trinajstić information content (AvgIpc) is 3.49. The van der Waals surface area contributed by atoms with Gasteiger partial charge < -0.3 is 18.6 Å². The molecule has 4 atom stereocenters. The monoisotopic (exact) mass is 379 g/mol. The van der Waals surface area contributed by atoms with Crippen LogP contribution in [0.2, 0.25) is 0 Å². The van der Waals surface area contributed by atoms with Gasteiger partial charge in [-0.3, -0.25) is 4.98 Å². The zero-order chi connectivity index (χ0) is 18.9. The van der Waals surface area contributed by atoms with Crippen LogP contribution in [-0.2, 0) is 19.6 Å². The van der Waals surface area contributed by atoms with Crippen molar-refractivity contribution in [3.63, 3.8) is 0 Å². The maximum atomic E-state index is 6.75. The Morgan fingerprint density at radius 1 is 1.04 bits per heavy atom. The van der Waals surface area contributed by atoms with Gasteiger partial charge in [-0.15, -0.1) is 0 Å². The number of aromatic nitrogens is 1. The molecule has 5 heteroatoms. The summed E-state index contributed by atoms with van der Waals surface area (Å²) in [6.07, 6.45) is 14.6. The second kappa shape index (κ2) is 7.22. The topological polar surface area (TPSA) is 53.7 Å². The van der Waals surface area contributed by atoms with E-state index in [-0.39, 0.29) is 12.2 Å². The number of hydrogen-bond donors (Lipinski definition) is 0. The van der Waals surface area contributed by atoms with Crippen LogP contribution >= 0.6 is 0 Å². The molecule has 0 radical (unpaired) electrons. The lowest BCUT2D eigenvalue weighted by molar-refractivity contribution is -0.228. The first-order chi connectivity index (χ1) is 13.9. The number of nitrogens with zero attached hydrogens (tertiary/aromatic N) is 1. The van der Waals surface area contributed by atoms with Gasteiger partial charge >= 0.3 is 0 Å². The molecule has 0 amide bonds. The molecule has 0 aliphatic carbocycles. The molecular weight excluding hydrogens is 354 g/mol. The second-order valence-corrected chi connectivity index (χ2v) is 7.61. The van der Waals surface area contributed by atoms with Gasteiger partial charge in [-0.2, -0.15) is 0 Å². The van der Waals surface area contributed by atoms with Gasteiger partial charge in [0.2, 0.25) is 0 Å². The molecule has 3 aliphatic heterocycles. The minimum Gasteiger partial charge on any atom is -0.491 e. The van der Waals surface area contributed by atoms with Crippen LogP contribution in [0.4, 0.5) is 0 Å². The fraction of sp³-hybridized carbons (Fsp3) is 0.435. The maximum absolute atomic E-state index is 6.75. The Morgan fingerprint density at radius 2 is 2.04 bits per heavy atom. The third kappa shape index (κ3) is 2.50. The lowest BCUT2D eigenvalue weighted by atomic mass is 9.58. The zero-order valence-electron chi connectivity index (χ0n) is 15.8. The molecule has 2 aromatic heterocycles. The summed E-state index contributed by atoms with van der Waals surface area (Å²) in [5.41, 5.74) is -0.438. The summed E-state index contributed by atoms with van der Waals surface area (Å²) in [6.45, 7) is 1.39. The SMILES string of the molecule is C1=COC(C2(C3CCCO3)OCCCC2(c2ccccn2)c2ccco2)C=C1. The van der Waals surface area contributed by atoms with Crippen molar-refractivity contribution >= 4 is 0 Å². The summed E-state index contributed by atoms with van der Waals surface area (Å²) < 4.78 is 25.3. The lowest BCUT2D eigenvalue weighted by Gasteiger charge is -2.56. The van der Waals surface area contributed by atoms with Gasteiger partial charge in [0.25, 0.3) is 0 Å². The number of ether oxygens (including phenoxy) is 3. The van der Waals surface area contributed by atoms with Gasteiger partial charge in [0.1, 0.15) is 17.3 Å². The number of allylic oxidation sites excluding steroid dienone is 2. The van der Waals surface area contributed by atoms with Gasteiger partial charge in [0.15, 0.2) is 5.60 Å². The Balaban J connectivity index is 1.78.